The lowest BCUT2D eigenvalue weighted by Crippen LogP contribution is -2.41. The number of aromatic nitrogens is 2. The minimum absolute atomic E-state index is 0.0591. The Bertz CT molecular complexity index is 952. The number of hydrogen-bond donors (Lipinski definition) is 1. The van der Waals surface area contributed by atoms with Crippen molar-refractivity contribution in [3.05, 3.63) is 42.1 Å². The molecule has 1 aliphatic rings. The predicted molar refractivity (Wildman–Crippen MR) is 109 cm³/mol. The number of ether oxygens (including phenoxy) is 2. The van der Waals surface area contributed by atoms with Gasteiger partial charge in [0, 0.05) is 49.6 Å². The number of nitrogens with zero attached hydrogens (tertiary/aromatic N) is 3. The van der Waals surface area contributed by atoms with Crippen LogP contribution in [0.4, 0.5) is 0 Å². The number of morpholine rings is 1. The number of nitrogens with one attached hydrogen (secondary N) is 1. The normalized spacial score (nSPS) is 14.9. The highest BCUT2D eigenvalue weighted by molar-refractivity contribution is 7.21. The first-order valence-electron chi connectivity index (χ1n) is 9.22. The Balaban J connectivity index is 1.42. The summed E-state index contributed by atoms with van der Waals surface area (Å²) in [5, 5.41) is 3.87. The Morgan fingerprint density at radius 3 is 2.89 bits per heavy atom. The summed E-state index contributed by atoms with van der Waals surface area (Å²) < 4.78 is 11.4. The monoisotopic (exact) mass is 398 g/mol. The van der Waals surface area contributed by atoms with Crippen LogP contribution < -0.4 is 10.1 Å². The van der Waals surface area contributed by atoms with E-state index in [2.05, 4.69) is 20.2 Å². The van der Waals surface area contributed by atoms with Crippen LogP contribution in [0.3, 0.4) is 0 Å². The summed E-state index contributed by atoms with van der Waals surface area (Å²) in [5.74, 6) is 0.511. The summed E-state index contributed by atoms with van der Waals surface area (Å²) in [6.45, 7) is 4.84. The lowest BCUT2D eigenvalue weighted by Gasteiger charge is -2.26. The van der Waals surface area contributed by atoms with Crippen LogP contribution in [0.25, 0.3) is 20.8 Å². The smallest absolute Gasteiger partial charge is 0.251 e. The van der Waals surface area contributed by atoms with Crippen molar-refractivity contribution in [1.29, 1.82) is 0 Å². The third kappa shape index (κ3) is 4.30. The maximum atomic E-state index is 12.5. The molecule has 0 radical (unpaired) electrons. The van der Waals surface area contributed by atoms with E-state index in [0.717, 1.165) is 53.6 Å². The molecule has 1 aliphatic heterocycles. The molecule has 8 heteroatoms. The molecule has 3 heterocycles. The highest BCUT2D eigenvalue weighted by Gasteiger charge is 2.13. The summed E-state index contributed by atoms with van der Waals surface area (Å²) in [6.07, 6.45) is 1.75. The van der Waals surface area contributed by atoms with Crippen molar-refractivity contribution in [2.24, 2.45) is 0 Å². The van der Waals surface area contributed by atoms with Crippen molar-refractivity contribution in [1.82, 2.24) is 20.2 Å². The third-order valence-electron chi connectivity index (χ3n) is 4.66. The Labute approximate surface area is 167 Å². The summed E-state index contributed by atoms with van der Waals surface area (Å²) in [4.78, 5) is 23.7. The molecule has 146 valence electrons. The molecule has 1 saturated heterocycles. The first kappa shape index (κ1) is 18.8. The minimum atomic E-state index is -0.0591. The summed E-state index contributed by atoms with van der Waals surface area (Å²) in [5.41, 5.74) is 2.46. The molecule has 0 atom stereocenters. The highest BCUT2D eigenvalue weighted by atomic mass is 32.1. The molecule has 4 rings (SSSR count). The number of carbonyl (C=O) groups excluding carboxylic acids is 1. The molecule has 1 fully saturated rings. The van der Waals surface area contributed by atoms with Gasteiger partial charge in [-0.1, -0.05) is 0 Å². The van der Waals surface area contributed by atoms with Gasteiger partial charge in [-0.05, 0) is 24.3 Å². The molecule has 0 saturated carbocycles. The molecule has 7 nitrogen and oxygen atoms in total. The van der Waals surface area contributed by atoms with Crippen LogP contribution in [-0.4, -0.2) is 67.3 Å². The van der Waals surface area contributed by atoms with Gasteiger partial charge in [0.25, 0.3) is 5.91 Å². The fourth-order valence-corrected chi connectivity index (χ4v) is 4.07. The highest BCUT2D eigenvalue weighted by Crippen LogP contribution is 2.30. The molecule has 1 amide bonds. The topological polar surface area (TPSA) is 76.6 Å². The maximum Gasteiger partial charge on any atom is 0.251 e. The minimum Gasteiger partial charge on any atom is -0.481 e. The van der Waals surface area contributed by atoms with E-state index in [1.54, 1.807) is 24.6 Å². The van der Waals surface area contributed by atoms with Gasteiger partial charge >= 0.3 is 0 Å². The fraction of sp³-hybridized carbons (Fsp3) is 0.350. The molecule has 2 aromatic heterocycles. The van der Waals surface area contributed by atoms with Gasteiger partial charge in [-0.25, -0.2) is 9.97 Å². The van der Waals surface area contributed by atoms with Crippen molar-refractivity contribution in [3.8, 4) is 16.5 Å². The van der Waals surface area contributed by atoms with Crippen LogP contribution >= 0.6 is 11.3 Å². The zero-order valence-corrected chi connectivity index (χ0v) is 16.5. The van der Waals surface area contributed by atoms with E-state index < -0.39 is 0 Å². The number of carbonyl (C=O) groups is 1. The van der Waals surface area contributed by atoms with E-state index in [1.165, 1.54) is 0 Å². The van der Waals surface area contributed by atoms with E-state index in [1.807, 2.05) is 30.3 Å². The molecule has 1 aromatic carbocycles. The van der Waals surface area contributed by atoms with Gasteiger partial charge < -0.3 is 14.8 Å². The number of benzene rings is 1. The van der Waals surface area contributed by atoms with E-state index in [-0.39, 0.29) is 5.91 Å². The lowest BCUT2D eigenvalue weighted by molar-refractivity contribution is 0.0383. The maximum absolute atomic E-state index is 12.5. The van der Waals surface area contributed by atoms with Crippen molar-refractivity contribution in [2.75, 3.05) is 46.5 Å². The summed E-state index contributed by atoms with van der Waals surface area (Å²) >= 11 is 1.55. The standard InChI is InChI=1S/C20H22N4O3S/c1-26-18-5-3-15(13-22-18)20-23-16-4-2-14(12-17(16)28-20)19(25)21-6-7-24-8-10-27-11-9-24/h2-5,12-13H,6-11H2,1H3,(H,21,25). The van der Waals surface area contributed by atoms with Crippen LogP contribution in [0.1, 0.15) is 10.4 Å². The SMILES string of the molecule is COc1ccc(-c2nc3ccc(C(=O)NCCN4CCOCC4)cc3s2)cn1. The van der Waals surface area contributed by atoms with Gasteiger partial charge in [0.1, 0.15) is 5.01 Å². The molecule has 0 spiro atoms. The zero-order valence-electron chi connectivity index (χ0n) is 15.7. The number of amides is 1. The molecule has 3 aromatic rings. The summed E-state index contributed by atoms with van der Waals surface area (Å²) in [6, 6.07) is 9.36. The number of fused-ring (bicyclic) bond motifs is 1. The fourth-order valence-electron chi connectivity index (χ4n) is 3.07. The van der Waals surface area contributed by atoms with Crippen LogP contribution in [0.2, 0.25) is 0 Å². The van der Waals surface area contributed by atoms with Gasteiger partial charge in [-0.15, -0.1) is 11.3 Å². The lowest BCUT2D eigenvalue weighted by atomic mass is 10.2. The molecular formula is C20H22N4O3S. The Kier molecular flexibility index (Phi) is 5.80. The van der Waals surface area contributed by atoms with Gasteiger partial charge in [0.15, 0.2) is 0 Å². The molecule has 0 aliphatic carbocycles. The van der Waals surface area contributed by atoms with Crippen molar-refractivity contribution in [2.45, 2.75) is 0 Å². The van der Waals surface area contributed by atoms with Gasteiger partial charge in [-0.3, -0.25) is 9.69 Å². The molecule has 28 heavy (non-hydrogen) atoms. The van der Waals surface area contributed by atoms with Gasteiger partial charge in [-0.2, -0.15) is 0 Å². The first-order valence-corrected chi connectivity index (χ1v) is 10.0. The van der Waals surface area contributed by atoms with Crippen molar-refractivity contribution >= 4 is 27.5 Å². The Morgan fingerprint density at radius 2 is 2.14 bits per heavy atom. The van der Waals surface area contributed by atoms with Crippen LogP contribution in [0, 0.1) is 0 Å². The average Bonchev–Trinajstić information content (AvgIpc) is 3.18. The van der Waals surface area contributed by atoms with Crippen LogP contribution in [0.5, 0.6) is 5.88 Å². The molecule has 1 N–H and O–H groups in total. The van der Waals surface area contributed by atoms with Crippen LogP contribution in [0.15, 0.2) is 36.5 Å². The second-order valence-corrected chi connectivity index (χ2v) is 7.53. The number of rotatable bonds is 6. The second-order valence-electron chi connectivity index (χ2n) is 6.50. The quantitative estimate of drug-likeness (QED) is 0.687. The number of hydrogen-bond acceptors (Lipinski definition) is 7. The summed E-state index contributed by atoms with van der Waals surface area (Å²) in [7, 11) is 1.59. The van der Waals surface area contributed by atoms with Gasteiger partial charge in [0.2, 0.25) is 5.88 Å². The average molecular weight is 398 g/mol. The van der Waals surface area contributed by atoms with E-state index in [0.29, 0.717) is 18.0 Å². The van der Waals surface area contributed by atoms with E-state index in [9.17, 15) is 4.79 Å². The third-order valence-corrected chi connectivity index (χ3v) is 5.73. The molecular weight excluding hydrogens is 376 g/mol. The molecule has 0 unspecified atom stereocenters. The van der Waals surface area contributed by atoms with Crippen molar-refractivity contribution in [3.63, 3.8) is 0 Å². The number of pyridine rings is 1. The Hall–Kier alpha value is -2.55. The largest absolute Gasteiger partial charge is 0.481 e. The Morgan fingerprint density at radius 1 is 1.29 bits per heavy atom. The van der Waals surface area contributed by atoms with E-state index >= 15 is 0 Å². The number of thiazole rings is 1. The number of methoxy groups -OCH3 is 1. The van der Waals surface area contributed by atoms with Crippen LogP contribution in [-0.2, 0) is 4.74 Å². The molecule has 0 bridgehead atoms. The second kappa shape index (κ2) is 8.64. The first-order chi connectivity index (χ1) is 13.7. The predicted octanol–water partition coefficient (Wildman–Crippen LogP) is 2.43. The van der Waals surface area contributed by atoms with Crippen molar-refractivity contribution < 1.29 is 14.3 Å². The van der Waals surface area contributed by atoms with E-state index in [4.69, 9.17) is 9.47 Å². The van der Waals surface area contributed by atoms with Gasteiger partial charge in [0.05, 0.1) is 30.5 Å². The zero-order chi connectivity index (χ0) is 19.3.